The summed E-state index contributed by atoms with van der Waals surface area (Å²) in [5.74, 6) is -0.370. The fourth-order valence-electron chi connectivity index (χ4n) is 3.27. The van der Waals surface area contributed by atoms with E-state index in [0.29, 0.717) is 17.9 Å². The highest BCUT2D eigenvalue weighted by Gasteiger charge is 2.19. The van der Waals surface area contributed by atoms with Crippen LogP contribution in [0, 0.1) is 6.92 Å². The molecule has 1 saturated carbocycles. The summed E-state index contributed by atoms with van der Waals surface area (Å²) in [6, 6.07) is 15.1. The largest absolute Gasteiger partial charge is 0.488 e. The molecule has 0 atom stereocenters. The van der Waals surface area contributed by atoms with Crippen molar-refractivity contribution >= 4 is 11.9 Å². The minimum Gasteiger partial charge on any atom is -0.488 e. The third kappa shape index (κ3) is 5.58. The minimum atomic E-state index is -0.559. The van der Waals surface area contributed by atoms with Crippen molar-refractivity contribution in [3.05, 3.63) is 65.2 Å². The molecule has 2 aromatic rings. The van der Waals surface area contributed by atoms with Crippen LogP contribution in [-0.2, 0) is 16.1 Å². The molecule has 0 radical (unpaired) electrons. The highest BCUT2D eigenvalue weighted by molar-refractivity contribution is 5.94. The SMILES string of the molecule is Cc1cccc(COc2ccccc2C(=O)OCC(=O)NC2CCCC2)c1. The zero-order valence-corrected chi connectivity index (χ0v) is 15.6. The second-order valence-corrected chi connectivity index (χ2v) is 6.90. The van der Waals surface area contributed by atoms with Gasteiger partial charge in [0.1, 0.15) is 17.9 Å². The van der Waals surface area contributed by atoms with Crippen LogP contribution in [0.4, 0.5) is 0 Å². The molecule has 0 aromatic heterocycles. The standard InChI is InChI=1S/C22H25NO4/c1-16-7-6-8-17(13-16)14-26-20-12-5-4-11-19(20)22(25)27-15-21(24)23-18-9-2-3-10-18/h4-8,11-13,18H,2-3,9-10,14-15H2,1H3,(H,23,24). The zero-order valence-electron chi connectivity index (χ0n) is 15.6. The van der Waals surface area contributed by atoms with Gasteiger partial charge in [-0.15, -0.1) is 0 Å². The van der Waals surface area contributed by atoms with E-state index in [4.69, 9.17) is 9.47 Å². The summed E-state index contributed by atoms with van der Waals surface area (Å²) in [6.07, 6.45) is 4.26. The van der Waals surface area contributed by atoms with Gasteiger partial charge in [-0.05, 0) is 37.5 Å². The van der Waals surface area contributed by atoms with Crippen LogP contribution in [0.1, 0.15) is 47.2 Å². The van der Waals surface area contributed by atoms with Crippen LogP contribution in [0.25, 0.3) is 0 Å². The molecule has 0 saturated heterocycles. The third-order valence-electron chi connectivity index (χ3n) is 4.64. The Kier molecular flexibility index (Phi) is 6.47. The zero-order chi connectivity index (χ0) is 19.1. The number of hydrogen-bond donors (Lipinski definition) is 1. The summed E-state index contributed by atoms with van der Waals surface area (Å²) in [6.45, 7) is 2.10. The third-order valence-corrected chi connectivity index (χ3v) is 4.64. The molecule has 3 rings (SSSR count). The molecule has 5 nitrogen and oxygen atoms in total. The summed E-state index contributed by atoms with van der Waals surface area (Å²) in [4.78, 5) is 24.3. The Morgan fingerprint density at radius 3 is 2.63 bits per heavy atom. The molecule has 1 aliphatic rings. The van der Waals surface area contributed by atoms with Crippen molar-refractivity contribution in [1.82, 2.24) is 5.32 Å². The van der Waals surface area contributed by atoms with Crippen molar-refractivity contribution in [3.63, 3.8) is 0 Å². The van der Waals surface area contributed by atoms with Crippen molar-refractivity contribution in [2.45, 2.75) is 45.3 Å². The number of carbonyl (C=O) groups is 2. The lowest BCUT2D eigenvalue weighted by Crippen LogP contribution is -2.35. The molecule has 5 heteroatoms. The average molecular weight is 367 g/mol. The molecule has 1 N–H and O–H groups in total. The first kappa shape index (κ1) is 19.0. The maximum Gasteiger partial charge on any atom is 0.342 e. The first-order valence-corrected chi connectivity index (χ1v) is 9.35. The smallest absolute Gasteiger partial charge is 0.342 e. The normalized spacial score (nSPS) is 14.0. The van der Waals surface area contributed by atoms with Gasteiger partial charge in [0, 0.05) is 6.04 Å². The van der Waals surface area contributed by atoms with Crippen LogP contribution in [-0.4, -0.2) is 24.5 Å². The lowest BCUT2D eigenvalue weighted by Gasteiger charge is -2.13. The van der Waals surface area contributed by atoms with Crippen molar-refractivity contribution < 1.29 is 19.1 Å². The van der Waals surface area contributed by atoms with Gasteiger partial charge in [-0.3, -0.25) is 4.79 Å². The highest BCUT2D eigenvalue weighted by Crippen LogP contribution is 2.21. The number of amides is 1. The lowest BCUT2D eigenvalue weighted by molar-refractivity contribution is -0.124. The van der Waals surface area contributed by atoms with Gasteiger partial charge in [0.15, 0.2) is 6.61 Å². The molecule has 0 aliphatic heterocycles. The van der Waals surface area contributed by atoms with Gasteiger partial charge >= 0.3 is 5.97 Å². The summed E-state index contributed by atoms with van der Waals surface area (Å²) in [5, 5.41) is 2.90. The van der Waals surface area contributed by atoms with E-state index in [9.17, 15) is 9.59 Å². The summed E-state index contributed by atoms with van der Waals surface area (Å²) < 4.78 is 11.0. The number of aryl methyl sites for hydroxylation is 1. The van der Waals surface area contributed by atoms with Crippen LogP contribution in [0.5, 0.6) is 5.75 Å². The van der Waals surface area contributed by atoms with Gasteiger partial charge in [-0.25, -0.2) is 4.79 Å². The molecule has 1 aliphatic carbocycles. The van der Waals surface area contributed by atoms with Crippen molar-refractivity contribution in [3.8, 4) is 5.75 Å². The Bertz CT molecular complexity index is 796. The molecule has 1 amide bonds. The number of carbonyl (C=O) groups excluding carboxylic acids is 2. The van der Waals surface area contributed by atoms with E-state index in [1.807, 2.05) is 31.2 Å². The summed E-state index contributed by atoms with van der Waals surface area (Å²) in [7, 11) is 0. The van der Waals surface area contributed by atoms with Crippen LogP contribution in [0.3, 0.4) is 0 Å². The minimum absolute atomic E-state index is 0.209. The van der Waals surface area contributed by atoms with Gasteiger partial charge in [-0.2, -0.15) is 0 Å². The van der Waals surface area contributed by atoms with E-state index in [1.165, 1.54) is 0 Å². The Balaban J connectivity index is 1.55. The number of ether oxygens (including phenoxy) is 2. The van der Waals surface area contributed by atoms with Gasteiger partial charge in [-0.1, -0.05) is 54.8 Å². The predicted octanol–water partition coefficient (Wildman–Crippen LogP) is 3.79. The van der Waals surface area contributed by atoms with Crippen molar-refractivity contribution in [2.75, 3.05) is 6.61 Å². The molecule has 27 heavy (non-hydrogen) atoms. The van der Waals surface area contributed by atoms with E-state index < -0.39 is 5.97 Å². The van der Waals surface area contributed by atoms with Gasteiger partial charge < -0.3 is 14.8 Å². The van der Waals surface area contributed by atoms with E-state index in [-0.39, 0.29) is 18.6 Å². The van der Waals surface area contributed by atoms with Gasteiger partial charge in [0.2, 0.25) is 0 Å². The van der Waals surface area contributed by atoms with Crippen LogP contribution < -0.4 is 10.1 Å². The molecule has 0 heterocycles. The Labute approximate surface area is 159 Å². The van der Waals surface area contributed by atoms with Crippen LogP contribution >= 0.6 is 0 Å². The number of hydrogen-bond acceptors (Lipinski definition) is 4. The highest BCUT2D eigenvalue weighted by atomic mass is 16.5. The Hall–Kier alpha value is -2.82. The fraction of sp³-hybridized carbons (Fsp3) is 0.364. The molecule has 142 valence electrons. The molecule has 2 aromatic carbocycles. The maximum absolute atomic E-state index is 12.4. The predicted molar refractivity (Wildman–Crippen MR) is 103 cm³/mol. The molecule has 1 fully saturated rings. The van der Waals surface area contributed by atoms with Crippen molar-refractivity contribution in [2.24, 2.45) is 0 Å². The molecule has 0 unspecified atom stereocenters. The lowest BCUT2D eigenvalue weighted by atomic mass is 10.1. The molecular formula is C22H25NO4. The van der Waals surface area contributed by atoms with E-state index in [2.05, 4.69) is 5.32 Å². The molecule has 0 spiro atoms. The number of rotatable bonds is 7. The number of nitrogens with one attached hydrogen (secondary N) is 1. The van der Waals surface area contributed by atoms with Crippen LogP contribution in [0.15, 0.2) is 48.5 Å². The molecule has 0 bridgehead atoms. The average Bonchev–Trinajstić information content (AvgIpc) is 3.18. The van der Waals surface area contributed by atoms with E-state index in [0.717, 1.165) is 36.8 Å². The Morgan fingerprint density at radius 1 is 1.07 bits per heavy atom. The first-order chi connectivity index (χ1) is 13.1. The van der Waals surface area contributed by atoms with Gasteiger partial charge in [0.05, 0.1) is 0 Å². The Morgan fingerprint density at radius 2 is 1.85 bits per heavy atom. The number of benzene rings is 2. The molecular weight excluding hydrogens is 342 g/mol. The number of esters is 1. The van der Waals surface area contributed by atoms with E-state index >= 15 is 0 Å². The summed E-state index contributed by atoms with van der Waals surface area (Å²) >= 11 is 0. The van der Waals surface area contributed by atoms with Crippen LogP contribution in [0.2, 0.25) is 0 Å². The topological polar surface area (TPSA) is 64.6 Å². The maximum atomic E-state index is 12.4. The second-order valence-electron chi connectivity index (χ2n) is 6.90. The van der Waals surface area contributed by atoms with Gasteiger partial charge in [0.25, 0.3) is 5.91 Å². The fourth-order valence-corrected chi connectivity index (χ4v) is 3.27. The first-order valence-electron chi connectivity index (χ1n) is 9.35. The van der Waals surface area contributed by atoms with Crippen molar-refractivity contribution in [1.29, 1.82) is 0 Å². The quantitative estimate of drug-likeness (QED) is 0.756. The number of para-hydroxylation sites is 1. The van der Waals surface area contributed by atoms with E-state index in [1.54, 1.807) is 24.3 Å². The second kappa shape index (κ2) is 9.21. The monoisotopic (exact) mass is 367 g/mol. The summed E-state index contributed by atoms with van der Waals surface area (Å²) in [5.41, 5.74) is 2.49.